The number of hydrogen-bond donors (Lipinski definition) is 2. The minimum Gasteiger partial charge on any atom is -0.396 e. The smallest absolute Gasteiger partial charge is 0.0570 e. The Balaban J connectivity index is 2.05. The summed E-state index contributed by atoms with van der Waals surface area (Å²) in [5, 5.41) is 12.0. The van der Waals surface area contributed by atoms with Gasteiger partial charge in [-0.05, 0) is 37.9 Å². The van der Waals surface area contributed by atoms with Crippen molar-refractivity contribution in [3.05, 3.63) is 29.6 Å². The van der Waals surface area contributed by atoms with Crippen LogP contribution in [0, 0.1) is 6.92 Å². The number of pyridine rings is 1. The summed E-state index contributed by atoms with van der Waals surface area (Å²) in [7, 11) is 0. The molecule has 0 bridgehead atoms. The number of aliphatic hydroxyl groups excluding tert-OH is 1. The van der Waals surface area contributed by atoms with E-state index in [4.69, 9.17) is 5.11 Å². The number of nitrogens with zero attached hydrogens (tertiary/aromatic N) is 1. The molecule has 0 amide bonds. The molecule has 0 saturated heterocycles. The quantitative estimate of drug-likeness (QED) is 0.662. The monoisotopic (exact) mass is 222 g/mol. The molecule has 0 unspecified atom stereocenters. The van der Waals surface area contributed by atoms with E-state index in [9.17, 15) is 0 Å². The molecular weight excluding hydrogens is 200 g/mol. The molecule has 2 N–H and O–H groups in total. The van der Waals surface area contributed by atoms with Gasteiger partial charge in [0.1, 0.15) is 0 Å². The van der Waals surface area contributed by atoms with Crippen LogP contribution in [-0.2, 0) is 6.54 Å². The molecule has 0 fully saturated rings. The normalized spacial score (nSPS) is 10.6. The Kier molecular flexibility index (Phi) is 6.77. The van der Waals surface area contributed by atoms with E-state index >= 15 is 0 Å². The molecule has 3 nitrogen and oxygen atoms in total. The molecule has 0 aliphatic rings. The van der Waals surface area contributed by atoms with Gasteiger partial charge in [0.25, 0.3) is 0 Å². The van der Waals surface area contributed by atoms with Crippen LogP contribution in [0.25, 0.3) is 0 Å². The van der Waals surface area contributed by atoms with Gasteiger partial charge >= 0.3 is 0 Å². The van der Waals surface area contributed by atoms with Crippen LogP contribution in [-0.4, -0.2) is 23.2 Å². The fourth-order valence-electron chi connectivity index (χ4n) is 1.63. The fourth-order valence-corrected chi connectivity index (χ4v) is 1.63. The lowest BCUT2D eigenvalue weighted by Crippen LogP contribution is -2.16. The van der Waals surface area contributed by atoms with Crippen molar-refractivity contribution in [2.24, 2.45) is 0 Å². The van der Waals surface area contributed by atoms with E-state index in [0.29, 0.717) is 6.61 Å². The maximum atomic E-state index is 8.62. The number of nitrogens with one attached hydrogen (secondary N) is 1. The van der Waals surface area contributed by atoms with Gasteiger partial charge in [-0.2, -0.15) is 0 Å². The first kappa shape index (κ1) is 13.1. The first-order valence-corrected chi connectivity index (χ1v) is 6.06. The van der Waals surface area contributed by atoms with Gasteiger partial charge < -0.3 is 10.4 Å². The van der Waals surface area contributed by atoms with Gasteiger partial charge in [0, 0.05) is 19.3 Å². The lowest BCUT2D eigenvalue weighted by molar-refractivity contribution is 0.282. The zero-order valence-electron chi connectivity index (χ0n) is 10.1. The Morgan fingerprint density at radius 3 is 2.81 bits per heavy atom. The first-order valence-electron chi connectivity index (χ1n) is 6.06. The van der Waals surface area contributed by atoms with Crippen molar-refractivity contribution in [3.63, 3.8) is 0 Å². The number of unbranched alkanes of at least 4 members (excludes halogenated alkanes) is 3. The van der Waals surface area contributed by atoms with Crippen molar-refractivity contribution in [2.75, 3.05) is 13.2 Å². The number of aliphatic hydroxyl groups is 1. The number of rotatable bonds is 8. The molecule has 0 aromatic carbocycles. The van der Waals surface area contributed by atoms with Gasteiger partial charge in [0.05, 0.1) is 5.69 Å². The second-order valence-corrected chi connectivity index (χ2v) is 4.08. The molecule has 1 aromatic heterocycles. The molecule has 1 aromatic rings. The highest BCUT2D eigenvalue weighted by molar-refractivity contribution is 5.17. The molecule has 16 heavy (non-hydrogen) atoms. The van der Waals surface area contributed by atoms with Gasteiger partial charge in [0.2, 0.25) is 0 Å². The van der Waals surface area contributed by atoms with E-state index < -0.39 is 0 Å². The van der Waals surface area contributed by atoms with E-state index in [1.54, 1.807) is 0 Å². The molecule has 1 heterocycles. The molecule has 0 atom stereocenters. The summed E-state index contributed by atoms with van der Waals surface area (Å²) in [6.07, 6.45) is 6.26. The average Bonchev–Trinajstić information content (AvgIpc) is 2.30. The number of hydrogen-bond acceptors (Lipinski definition) is 3. The largest absolute Gasteiger partial charge is 0.396 e. The molecule has 90 valence electrons. The SMILES string of the molecule is Cc1cccnc1CNCCCCCCO. The van der Waals surface area contributed by atoms with Gasteiger partial charge in [-0.25, -0.2) is 0 Å². The van der Waals surface area contributed by atoms with Crippen LogP contribution in [0.1, 0.15) is 36.9 Å². The maximum absolute atomic E-state index is 8.62. The standard InChI is InChI=1S/C13H22N2O/c1-12-7-6-9-15-13(12)11-14-8-4-2-3-5-10-16/h6-7,9,14,16H,2-5,8,10-11H2,1H3. The Labute approximate surface area is 97.9 Å². The summed E-state index contributed by atoms with van der Waals surface area (Å²) in [5.74, 6) is 0. The first-order chi connectivity index (χ1) is 7.84. The lowest BCUT2D eigenvalue weighted by atomic mass is 10.2. The molecule has 0 radical (unpaired) electrons. The topological polar surface area (TPSA) is 45.2 Å². The molecule has 3 heteroatoms. The van der Waals surface area contributed by atoms with Crippen molar-refractivity contribution in [1.29, 1.82) is 0 Å². The van der Waals surface area contributed by atoms with Crippen LogP contribution in [0.15, 0.2) is 18.3 Å². The van der Waals surface area contributed by atoms with Crippen LogP contribution in [0.2, 0.25) is 0 Å². The van der Waals surface area contributed by atoms with E-state index in [2.05, 4.69) is 23.3 Å². The van der Waals surface area contributed by atoms with Crippen molar-refractivity contribution in [3.8, 4) is 0 Å². The zero-order valence-corrected chi connectivity index (χ0v) is 10.1. The predicted molar refractivity (Wildman–Crippen MR) is 66.2 cm³/mol. The highest BCUT2D eigenvalue weighted by Crippen LogP contribution is 2.02. The lowest BCUT2D eigenvalue weighted by Gasteiger charge is -2.06. The second-order valence-electron chi connectivity index (χ2n) is 4.08. The Morgan fingerprint density at radius 1 is 1.25 bits per heavy atom. The molecule has 1 rings (SSSR count). The summed E-state index contributed by atoms with van der Waals surface area (Å²) in [4.78, 5) is 4.33. The van der Waals surface area contributed by atoms with Crippen LogP contribution in [0.5, 0.6) is 0 Å². The predicted octanol–water partition coefficient (Wildman–Crippen LogP) is 2.03. The van der Waals surface area contributed by atoms with E-state index in [-0.39, 0.29) is 0 Å². The fraction of sp³-hybridized carbons (Fsp3) is 0.615. The van der Waals surface area contributed by atoms with Gasteiger partial charge in [-0.3, -0.25) is 4.98 Å². The third-order valence-corrected chi connectivity index (χ3v) is 2.67. The third kappa shape index (κ3) is 5.24. The van der Waals surface area contributed by atoms with E-state index in [0.717, 1.165) is 31.6 Å². The Morgan fingerprint density at radius 2 is 2.06 bits per heavy atom. The van der Waals surface area contributed by atoms with E-state index in [1.807, 2.05) is 12.3 Å². The minimum absolute atomic E-state index is 0.320. The maximum Gasteiger partial charge on any atom is 0.0570 e. The minimum atomic E-state index is 0.320. The van der Waals surface area contributed by atoms with Crippen LogP contribution < -0.4 is 5.32 Å². The highest BCUT2D eigenvalue weighted by atomic mass is 16.2. The molecule has 0 aliphatic carbocycles. The second kappa shape index (κ2) is 8.25. The van der Waals surface area contributed by atoms with Crippen LogP contribution in [0.3, 0.4) is 0 Å². The van der Waals surface area contributed by atoms with Gasteiger partial charge in [-0.15, -0.1) is 0 Å². The van der Waals surface area contributed by atoms with Crippen molar-refractivity contribution < 1.29 is 5.11 Å². The van der Waals surface area contributed by atoms with Gasteiger partial charge in [0.15, 0.2) is 0 Å². The zero-order chi connectivity index (χ0) is 11.6. The summed E-state index contributed by atoms with van der Waals surface area (Å²) in [5.41, 5.74) is 2.38. The summed E-state index contributed by atoms with van der Waals surface area (Å²) >= 11 is 0. The van der Waals surface area contributed by atoms with Gasteiger partial charge in [-0.1, -0.05) is 18.9 Å². The van der Waals surface area contributed by atoms with Crippen molar-refractivity contribution >= 4 is 0 Å². The molecule has 0 aliphatic heterocycles. The van der Waals surface area contributed by atoms with Crippen molar-refractivity contribution in [2.45, 2.75) is 39.2 Å². The average molecular weight is 222 g/mol. The summed E-state index contributed by atoms with van der Waals surface area (Å²) < 4.78 is 0. The highest BCUT2D eigenvalue weighted by Gasteiger charge is 1.97. The van der Waals surface area contributed by atoms with Crippen LogP contribution in [0.4, 0.5) is 0 Å². The third-order valence-electron chi connectivity index (χ3n) is 2.67. The molecule has 0 spiro atoms. The summed E-state index contributed by atoms with van der Waals surface area (Å²) in [6.45, 7) is 4.29. The van der Waals surface area contributed by atoms with Crippen LogP contribution >= 0.6 is 0 Å². The Bertz CT molecular complexity index is 289. The number of aromatic nitrogens is 1. The van der Waals surface area contributed by atoms with E-state index in [1.165, 1.54) is 18.4 Å². The summed E-state index contributed by atoms with van der Waals surface area (Å²) in [6, 6.07) is 4.05. The molecular formula is C13H22N2O. The van der Waals surface area contributed by atoms with Crippen molar-refractivity contribution in [1.82, 2.24) is 10.3 Å². The molecule has 0 saturated carbocycles. The number of aryl methyl sites for hydroxylation is 1. The Hall–Kier alpha value is -0.930.